The molecule has 2 N–H and O–H groups in total. The second-order valence-electron chi connectivity index (χ2n) is 4.70. The average Bonchev–Trinajstić information content (AvgIpc) is 2.86. The molecule has 3 rings (SSSR count). The van der Waals surface area contributed by atoms with Crippen molar-refractivity contribution in [2.24, 2.45) is 0 Å². The number of thioether (sulfide) groups is 1. The quantitative estimate of drug-likeness (QED) is 0.712. The van der Waals surface area contributed by atoms with Crippen molar-refractivity contribution < 1.29 is 5.11 Å². The Morgan fingerprint density at radius 1 is 1.10 bits per heavy atom. The van der Waals surface area contributed by atoms with Gasteiger partial charge in [0.05, 0.1) is 23.2 Å². The normalized spacial score (nSPS) is 11.1. The molecule has 0 aliphatic heterocycles. The number of aliphatic hydroxyl groups is 1. The standard InChI is InChI=1S/C16H16N2O2S/c19-9-10-21-11-12-5-1-4-8-15(12)18-16(20)13-6-2-3-7-14(13)17-18/h1-8,17,19H,9-11H2. The van der Waals surface area contributed by atoms with E-state index in [1.165, 1.54) is 0 Å². The number of aromatic nitrogens is 2. The first-order valence-electron chi connectivity index (χ1n) is 6.78. The van der Waals surface area contributed by atoms with Crippen molar-refractivity contribution >= 4 is 22.7 Å². The minimum atomic E-state index is -0.0368. The number of para-hydroxylation sites is 2. The minimum Gasteiger partial charge on any atom is -0.396 e. The van der Waals surface area contributed by atoms with Gasteiger partial charge in [0, 0.05) is 11.5 Å². The summed E-state index contributed by atoms with van der Waals surface area (Å²) in [5.74, 6) is 1.45. The van der Waals surface area contributed by atoms with Crippen molar-refractivity contribution in [2.45, 2.75) is 5.75 Å². The number of fused-ring (bicyclic) bond motifs is 1. The smallest absolute Gasteiger partial charge is 0.279 e. The highest BCUT2D eigenvalue weighted by Gasteiger charge is 2.10. The molecule has 3 aromatic rings. The molecule has 1 aromatic heterocycles. The fourth-order valence-electron chi connectivity index (χ4n) is 2.33. The van der Waals surface area contributed by atoms with Gasteiger partial charge in [0.2, 0.25) is 0 Å². The van der Waals surface area contributed by atoms with Gasteiger partial charge in [0.1, 0.15) is 0 Å². The van der Waals surface area contributed by atoms with E-state index in [9.17, 15) is 4.79 Å². The molecule has 0 saturated carbocycles. The molecule has 0 aliphatic carbocycles. The summed E-state index contributed by atoms with van der Waals surface area (Å²) in [6.45, 7) is 0.166. The third-order valence-corrected chi connectivity index (χ3v) is 4.30. The van der Waals surface area contributed by atoms with Crippen LogP contribution in [0.3, 0.4) is 0 Å². The number of nitrogens with zero attached hydrogens (tertiary/aromatic N) is 1. The van der Waals surface area contributed by atoms with Crippen LogP contribution in [0, 0.1) is 0 Å². The van der Waals surface area contributed by atoms with E-state index >= 15 is 0 Å². The topological polar surface area (TPSA) is 58.0 Å². The molecule has 0 radical (unpaired) electrons. The number of H-pyrrole nitrogens is 1. The van der Waals surface area contributed by atoms with Gasteiger partial charge in [-0.15, -0.1) is 0 Å². The summed E-state index contributed by atoms with van der Waals surface area (Å²) < 4.78 is 1.60. The molecule has 0 aliphatic rings. The van der Waals surface area contributed by atoms with Crippen LogP contribution in [0.4, 0.5) is 0 Å². The molecule has 2 aromatic carbocycles. The van der Waals surface area contributed by atoms with E-state index in [0.717, 1.165) is 22.5 Å². The van der Waals surface area contributed by atoms with E-state index in [1.54, 1.807) is 16.4 Å². The highest BCUT2D eigenvalue weighted by molar-refractivity contribution is 7.98. The lowest BCUT2D eigenvalue weighted by molar-refractivity contribution is 0.322. The fraction of sp³-hybridized carbons (Fsp3) is 0.188. The van der Waals surface area contributed by atoms with E-state index in [-0.39, 0.29) is 12.2 Å². The molecular formula is C16H16N2O2S. The predicted molar refractivity (Wildman–Crippen MR) is 87.1 cm³/mol. The van der Waals surface area contributed by atoms with Crippen LogP contribution in [0.5, 0.6) is 0 Å². The highest BCUT2D eigenvalue weighted by Crippen LogP contribution is 2.19. The number of aromatic amines is 1. The predicted octanol–water partition coefficient (Wildman–Crippen LogP) is 2.54. The maximum absolute atomic E-state index is 12.5. The number of benzene rings is 2. The van der Waals surface area contributed by atoms with Crippen molar-refractivity contribution in [3.05, 3.63) is 64.4 Å². The van der Waals surface area contributed by atoms with E-state index < -0.39 is 0 Å². The van der Waals surface area contributed by atoms with E-state index in [0.29, 0.717) is 11.1 Å². The Morgan fingerprint density at radius 3 is 2.67 bits per heavy atom. The molecule has 0 fully saturated rings. The Bertz CT molecular complexity index is 807. The average molecular weight is 300 g/mol. The Hall–Kier alpha value is -1.98. The van der Waals surface area contributed by atoms with Gasteiger partial charge < -0.3 is 5.11 Å². The van der Waals surface area contributed by atoms with Gasteiger partial charge in [-0.05, 0) is 23.8 Å². The maximum atomic E-state index is 12.5. The summed E-state index contributed by atoms with van der Waals surface area (Å²) >= 11 is 1.65. The lowest BCUT2D eigenvalue weighted by atomic mass is 10.2. The Balaban J connectivity index is 2.06. The molecule has 0 atom stereocenters. The first kappa shape index (κ1) is 14.0. The Labute approximate surface area is 126 Å². The monoisotopic (exact) mass is 300 g/mol. The van der Waals surface area contributed by atoms with Crippen molar-refractivity contribution in [1.29, 1.82) is 0 Å². The van der Waals surface area contributed by atoms with Crippen LogP contribution in [0.2, 0.25) is 0 Å². The van der Waals surface area contributed by atoms with Gasteiger partial charge in [-0.25, -0.2) is 4.68 Å². The summed E-state index contributed by atoms with van der Waals surface area (Å²) in [5, 5.41) is 12.7. The fourth-order valence-corrected chi connectivity index (χ4v) is 3.06. The Kier molecular flexibility index (Phi) is 4.13. The first-order valence-corrected chi connectivity index (χ1v) is 7.93. The third kappa shape index (κ3) is 2.75. The van der Waals surface area contributed by atoms with Gasteiger partial charge >= 0.3 is 0 Å². The van der Waals surface area contributed by atoms with E-state index in [4.69, 9.17) is 5.11 Å². The first-order chi connectivity index (χ1) is 10.3. The van der Waals surface area contributed by atoms with E-state index in [1.807, 2.05) is 48.5 Å². The molecule has 0 spiro atoms. The zero-order valence-electron chi connectivity index (χ0n) is 11.5. The van der Waals surface area contributed by atoms with Gasteiger partial charge in [0.25, 0.3) is 5.56 Å². The number of aliphatic hydroxyl groups excluding tert-OH is 1. The van der Waals surface area contributed by atoms with Gasteiger partial charge in [-0.3, -0.25) is 9.89 Å². The summed E-state index contributed by atoms with van der Waals surface area (Å²) in [5.41, 5.74) is 2.74. The van der Waals surface area contributed by atoms with Crippen LogP contribution in [0.15, 0.2) is 53.3 Å². The maximum Gasteiger partial charge on any atom is 0.279 e. The van der Waals surface area contributed by atoms with Crippen molar-refractivity contribution in [2.75, 3.05) is 12.4 Å². The lowest BCUT2D eigenvalue weighted by Crippen LogP contribution is -2.15. The number of nitrogens with one attached hydrogen (secondary N) is 1. The van der Waals surface area contributed by atoms with Gasteiger partial charge in [-0.1, -0.05) is 30.3 Å². The van der Waals surface area contributed by atoms with Crippen molar-refractivity contribution in [3.63, 3.8) is 0 Å². The Morgan fingerprint density at radius 2 is 1.86 bits per heavy atom. The highest BCUT2D eigenvalue weighted by atomic mass is 32.2. The minimum absolute atomic E-state index is 0.0368. The number of hydrogen-bond donors (Lipinski definition) is 2. The zero-order valence-corrected chi connectivity index (χ0v) is 12.3. The number of rotatable bonds is 5. The number of hydrogen-bond acceptors (Lipinski definition) is 3. The van der Waals surface area contributed by atoms with Gasteiger partial charge in [0.15, 0.2) is 0 Å². The SMILES string of the molecule is O=c1c2ccccc2[nH]n1-c1ccccc1CSCCO. The third-order valence-electron chi connectivity index (χ3n) is 3.32. The molecule has 4 nitrogen and oxygen atoms in total. The van der Waals surface area contributed by atoms with Crippen LogP contribution in [-0.4, -0.2) is 27.2 Å². The molecular weight excluding hydrogens is 284 g/mol. The van der Waals surface area contributed by atoms with Crippen LogP contribution in [0.25, 0.3) is 16.6 Å². The van der Waals surface area contributed by atoms with Crippen LogP contribution < -0.4 is 5.56 Å². The molecule has 21 heavy (non-hydrogen) atoms. The molecule has 0 bridgehead atoms. The van der Waals surface area contributed by atoms with E-state index in [2.05, 4.69) is 5.10 Å². The van der Waals surface area contributed by atoms with Crippen LogP contribution >= 0.6 is 11.8 Å². The molecule has 1 heterocycles. The van der Waals surface area contributed by atoms with Crippen LogP contribution in [-0.2, 0) is 5.75 Å². The van der Waals surface area contributed by atoms with Crippen LogP contribution in [0.1, 0.15) is 5.56 Å². The summed E-state index contributed by atoms with van der Waals surface area (Å²) in [7, 11) is 0. The summed E-state index contributed by atoms with van der Waals surface area (Å²) in [6, 6.07) is 15.3. The van der Waals surface area contributed by atoms with Crippen molar-refractivity contribution in [1.82, 2.24) is 9.78 Å². The second-order valence-corrected chi connectivity index (χ2v) is 5.81. The summed E-state index contributed by atoms with van der Waals surface area (Å²) in [6.07, 6.45) is 0. The largest absolute Gasteiger partial charge is 0.396 e. The summed E-state index contributed by atoms with van der Waals surface area (Å²) in [4.78, 5) is 12.5. The molecule has 108 valence electrons. The molecule has 0 saturated heterocycles. The second kappa shape index (κ2) is 6.20. The molecule has 0 unspecified atom stereocenters. The zero-order chi connectivity index (χ0) is 14.7. The molecule has 5 heteroatoms. The van der Waals surface area contributed by atoms with Crippen molar-refractivity contribution in [3.8, 4) is 5.69 Å². The van der Waals surface area contributed by atoms with Gasteiger partial charge in [-0.2, -0.15) is 11.8 Å². The lowest BCUT2D eigenvalue weighted by Gasteiger charge is -2.09. The molecule has 0 amide bonds.